The number of hydrogen-bond donors (Lipinski definition) is 3. The second kappa shape index (κ2) is 6.23. The van der Waals surface area contributed by atoms with Gasteiger partial charge in [0.1, 0.15) is 11.4 Å². The summed E-state index contributed by atoms with van der Waals surface area (Å²) in [5.74, 6) is -2.40. The average Bonchev–Trinajstić information content (AvgIpc) is 2.41. The van der Waals surface area contributed by atoms with E-state index in [-0.39, 0.29) is 5.69 Å². The lowest BCUT2D eigenvalue weighted by atomic mass is 10.1. The molecule has 0 radical (unpaired) electrons. The number of para-hydroxylation sites is 1. The van der Waals surface area contributed by atoms with E-state index in [2.05, 4.69) is 10.6 Å². The number of carboxylic acid groups (broad SMARTS) is 1. The third-order valence-electron chi connectivity index (χ3n) is 2.60. The van der Waals surface area contributed by atoms with Gasteiger partial charge in [0.2, 0.25) is 0 Å². The Kier molecular flexibility index (Phi) is 4.39. The van der Waals surface area contributed by atoms with Crippen molar-refractivity contribution in [2.45, 2.75) is 0 Å². The number of amides is 2. The first-order valence-corrected chi connectivity index (χ1v) is 6.21. The van der Waals surface area contributed by atoms with Crippen molar-refractivity contribution in [2.24, 2.45) is 0 Å². The van der Waals surface area contributed by atoms with Crippen LogP contribution in [-0.2, 0) is 0 Å². The molecule has 2 aromatic rings. The lowest BCUT2D eigenvalue weighted by Gasteiger charge is -2.11. The average molecular weight is 309 g/mol. The van der Waals surface area contributed by atoms with Gasteiger partial charge >= 0.3 is 12.0 Å². The molecule has 2 amide bonds. The van der Waals surface area contributed by atoms with Crippen LogP contribution in [0.15, 0.2) is 42.5 Å². The quantitative estimate of drug-likeness (QED) is 0.806. The van der Waals surface area contributed by atoms with Crippen LogP contribution in [0.2, 0.25) is 5.02 Å². The molecule has 0 fully saturated rings. The summed E-state index contributed by atoms with van der Waals surface area (Å²) in [4.78, 5) is 22.8. The fraction of sp³-hybridized carbons (Fsp3) is 0. The summed E-state index contributed by atoms with van der Waals surface area (Å²) in [6.07, 6.45) is 0. The number of aromatic carboxylic acids is 1. The van der Waals surface area contributed by atoms with Gasteiger partial charge in [-0.3, -0.25) is 0 Å². The van der Waals surface area contributed by atoms with Crippen LogP contribution < -0.4 is 10.6 Å². The standard InChI is InChI=1S/C14H10ClFN2O3/c15-8-4-1-2-6-10(8)17-14(21)18-11-7-3-5-9(16)12(11)13(19)20/h1-7H,(H,19,20)(H2,17,18,21). The van der Waals surface area contributed by atoms with Crippen LogP contribution in [0.3, 0.4) is 0 Å². The van der Waals surface area contributed by atoms with Crippen molar-refractivity contribution in [3.05, 3.63) is 58.9 Å². The number of rotatable bonds is 3. The molecule has 0 saturated carbocycles. The third kappa shape index (κ3) is 3.49. The Hall–Kier alpha value is -2.60. The van der Waals surface area contributed by atoms with E-state index < -0.39 is 23.4 Å². The topological polar surface area (TPSA) is 78.4 Å². The van der Waals surface area contributed by atoms with E-state index in [9.17, 15) is 14.0 Å². The molecule has 0 bridgehead atoms. The highest BCUT2D eigenvalue weighted by atomic mass is 35.5. The summed E-state index contributed by atoms with van der Waals surface area (Å²) in [5.41, 5.74) is -0.399. The molecule has 3 N–H and O–H groups in total. The van der Waals surface area contributed by atoms with Crippen LogP contribution in [0.4, 0.5) is 20.6 Å². The number of hydrogen-bond acceptors (Lipinski definition) is 2. The molecule has 0 heterocycles. The molecule has 108 valence electrons. The number of carbonyl (C=O) groups excluding carboxylic acids is 1. The number of carbonyl (C=O) groups is 2. The van der Waals surface area contributed by atoms with Crippen LogP contribution in [0.1, 0.15) is 10.4 Å². The molecule has 0 atom stereocenters. The summed E-state index contributed by atoms with van der Waals surface area (Å²) < 4.78 is 13.5. The normalized spacial score (nSPS) is 10.0. The lowest BCUT2D eigenvalue weighted by Crippen LogP contribution is -2.21. The summed E-state index contributed by atoms with van der Waals surface area (Å²) in [6.45, 7) is 0. The van der Waals surface area contributed by atoms with E-state index in [4.69, 9.17) is 16.7 Å². The fourth-order valence-electron chi connectivity index (χ4n) is 1.68. The highest BCUT2D eigenvalue weighted by Crippen LogP contribution is 2.22. The molecule has 5 nitrogen and oxygen atoms in total. The Balaban J connectivity index is 2.19. The predicted molar refractivity (Wildman–Crippen MR) is 77.5 cm³/mol. The van der Waals surface area contributed by atoms with Gasteiger partial charge in [-0.2, -0.15) is 0 Å². The van der Waals surface area contributed by atoms with Gasteiger partial charge in [-0.05, 0) is 24.3 Å². The fourth-order valence-corrected chi connectivity index (χ4v) is 1.87. The maximum atomic E-state index is 13.5. The first kappa shape index (κ1) is 14.8. The molecule has 0 saturated heterocycles. The van der Waals surface area contributed by atoms with Crippen LogP contribution in [0, 0.1) is 5.82 Å². The summed E-state index contributed by atoms with van der Waals surface area (Å²) in [6, 6.07) is 9.39. The van der Waals surface area contributed by atoms with Crippen LogP contribution in [0.25, 0.3) is 0 Å². The van der Waals surface area contributed by atoms with E-state index in [1.807, 2.05) is 0 Å². The van der Waals surface area contributed by atoms with Gasteiger partial charge in [-0.1, -0.05) is 29.8 Å². The molecule has 0 aliphatic carbocycles. The molecule has 0 aromatic heterocycles. The summed E-state index contributed by atoms with van der Waals surface area (Å²) in [5, 5.41) is 14.0. The van der Waals surface area contributed by atoms with Gasteiger partial charge < -0.3 is 15.7 Å². The van der Waals surface area contributed by atoms with E-state index in [1.165, 1.54) is 12.1 Å². The zero-order valence-corrected chi connectivity index (χ0v) is 11.3. The Morgan fingerprint density at radius 1 is 1.00 bits per heavy atom. The third-order valence-corrected chi connectivity index (χ3v) is 2.93. The first-order valence-electron chi connectivity index (χ1n) is 5.83. The van der Waals surface area contributed by atoms with Crippen molar-refractivity contribution in [1.82, 2.24) is 0 Å². The van der Waals surface area contributed by atoms with Crippen molar-refractivity contribution >= 4 is 35.0 Å². The molecule has 2 aromatic carbocycles. The Labute approximate surface area is 124 Å². The monoisotopic (exact) mass is 308 g/mol. The molecule has 7 heteroatoms. The molecule has 0 aliphatic heterocycles. The molecule has 0 spiro atoms. The second-order valence-corrected chi connectivity index (χ2v) is 4.43. The van der Waals surface area contributed by atoms with Crippen molar-refractivity contribution in [3.63, 3.8) is 0 Å². The molecule has 21 heavy (non-hydrogen) atoms. The number of urea groups is 1. The van der Waals surface area contributed by atoms with E-state index in [0.29, 0.717) is 10.7 Å². The zero-order valence-electron chi connectivity index (χ0n) is 10.6. The van der Waals surface area contributed by atoms with Crippen LogP contribution >= 0.6 is 11.6 Å². The number of halogens is 2. The van der Waals surface area contributed by atoms with Crippen molar-refractivity contribution in [2.75, 3.05) is 10.6 Å². The molecular formula is C14H10ClFN2O3. The predicted octanol–water partition coefficient (Wildman–Crippen LogP) is 3.82. The first-order chi connectivity index (χ1) is 9.99. The van der Waals surface area contributed by atoms with E-state index in [1.54, 1.807) is 24.3 Å². The molecule has 2 rings (SSSR count). The summed E-state index contributed by atoms with van der Waals surface area (Å²) in [7, 11) is 0. The second-order valence-electron chi connectivity index (χ2n) is 4.03. The molecule has 0 aliphatic rings. The number of nitrogens with one attached hydrogen (secondary N) is 2. The number of anilines is 2. The number of benzene rings is 2. The van der Waals surface area contributed by atoms with Gasteiger partial charge in [0.15, 0.2) is 0 Å². The Bertz CT molecular complexity index is 706. The lowest BCUT2D eigenvalue weighted by molar-refractivity contribution is 0.0693. The van der Waals surface area contributed by atoms with Gasteiger partial charge in [0.25, 0.3) is 0 Å². The van der Waals surface area contributed by atoms with Gasteiger partial charge in [-0.15, -0.1) is 0 Å². The van der Waals surface area contributed by atoms with Gasteiger partial charge in [0, 0.05) is 0 Å². The number of carboxylic acids is 1. The molecular weight excluding hydrogens is 299 g/mol. The summed E-state index contributed by atoms with van der Waals surface area (Å²) >= 11 is 5.88. The van der Waals surface area contributed by atoms with Crippen molar-refractivity contribution in [1.29, 1.82) is 0 Å². The highest BCUT2D eigenvalue weighted by molar-refractivity contribution is 6.33. The minimum Gasteiger partial charge on any atom is -0.478 e. The molecule has 0 unspecified atom stereocenters. The largest absolute Gasteiger partial charge is 0.478 e. The van der Waals surface area contributed by atoms with Crippen molar-refractivity contribution < 1.29 is 19.1 Å². The maximum absolute atomic E-state index is 13.5. The Morgan fingerprint density at radius 2 is 1.62 bits per heavy atom. The van der Waals surface area contributed by atoms with Crippen LogP contribution in [0.5, 0.6) is 0 Å². The van der Waals surface area contributed by atoms with Gasteiger partial charge in [-0.25, -0.2) is 14.0 Å². The minimum absolute atomic E-state index is 0.146. The smallest absolute Gasteiger partial charge is 0.340 e. The van der Waals surface area contributed by atoms with E-state index >= 15 is 0 Å². The maximum Gasteiger partial charge on any atom is 0.340 e. The minimum atomic E-state index is -1.47. The van der Waals surface area contributed by atoms with Gasteiger partial charge in [0.05, 0.1) is 16.4 Å². The van der Waals surface area contributed by atoms with Crippen LogP contribution in [-0.4, -0.2) is 17.1 Å². The zero-order chi connectivity index (χ0) is 15.4. The van der Waals surface area contributed by atoms with E-state index in [0.717, 1.165) is 6.07 Å². The SMILES string of the molecule is O=C(Nc1ccccc1Cl)Nc1cccc(F)c1C(=O)O. The highest BCUT2D eigenvalue weighted by Gasteiger charge is 2.17. The Morgan fingerprint density at radius 3 is 2.29 bits per heavy atom. The van der Waals surface area contributed by atoms with Crippen molar-refractivity contribution in [3.8, 4) is 0 Å².